The second-order valence-electron chi connectivity index (χ2n) is 21.4. The zero-order valence-corrected chi connectivity index (χ0v) is 43.6. The Morgan fingerprint density at radius 3 is 1.40 bits per heavy atom. The number of nitrogens with zero attached hydrogens (tertiary/aromatic N) is 2. The summed E-state index contributed by atoms with van der Waals surface area (Å²) in [5, 5.41) is 18.1. The monoisotopic (exact) mass is 1000 g/mol. The molecule has 2 aromatic carbocycles. The quantitative estimate of drug-likeness (QED) is 0.126. The van der Waals surface area contributed by atoms with Gasteiger partial charge in [0.2, 0.25) is 35.4 Å². The maximum Gasteiger partial charge on any atom is 0.246 e. The third-order valence-electron chi connectivity index (χ3n) is 15.5. The highest BCUT2D eigenvalue weighted by Crippen LogP contribution is 2.48. The molecule has 4 fully saturated rings. The van der Waals surface area contributed by atoms with E-state index in [1.54, 1.807) is 61.3 Å². The normalized spacial score (nSPS) is 30.5. The van der Waals surface area contributed by atoms with E-state index in [0.29, 0.717) is 76.1 Å². The van der Waals surface area contributed by atoms with Crippen molar-refractivity contribution in [3.8, 4) is 0 Å². The molecule has 382 valence electrons. The minimum absolute atomic E-state index is 0.171. The van der Waals surface area contributed by atoms with Crippen LogP contribution < -0.4 is 31.9 Å². The van der Waals surface area contributed by atoms with Crippen molar-refractivity contribution in [1.29, 1.82) is 0 Å². The van der Waals surface area contributed by atoms with Crippen molar-refractivity contribution in [3.63, 3.8) is 0 Å². The zero-order chi connectivity index (χ0) is 50.1. The van der Waals surface area contributed by atoms with Crippen molar-refractivity contribution in [2.45, 2.75) is 164 Å². The van der Waals surface area contributed by atoms with Gasteiger partial charge in [0.15, 0.2) is 0 Å². The Hall–Kier alpha value is -4.20. The summed E-state index contributed by atoms with van der Waals surface area (Å²) in [7, 11) is 3.41. The molecule has 1 unspecified atom stereocenters. The van der Waals surface area contributed by atoms with Crippen LogP contribution in [0.5, 0.6) is 0 Å². The molecular formula is C52H74N8O8S2. The number of fused-ring (bicyclic) bond motifs is 4. The molecule has 2 aliphatic carbocycles. The van der Waals surface area contributed by atoms with Crippen molar-refractivity contribution < 1.29 is 38.2 Å². The highest BCUT2D eigenvalue weighted by atomic mass is 32.2. The predicted octanol–water partition coefficient (Wildman–Crippen LogP) is 3.73. The van der Waals surface area contributed by atoms with Crippen LogP contribution in [0.1, 0.15) is 114 Å². The number of carbonyl (C=O) groups excluding carboxylic acids is 6. The Kier molecular flexibility index (Phi) is 16.3. The van der Waals surface area contributed by atoms with Gasteiger partial charge in [0.1, 0.15) is 24.2 Å². The van der Waals surface area contributed by atoms with Crippen LogP contribution in [0, 0.1) is 10.8 Å². The number of amides is 6. The van der Waals surface area contributed by atoms with Crippen LogP contribution in [-0.4, -0.2) is 143 Å². The van der Waals surface area contributed by atoms with Crippen LogP contribution in [0.2, 0.25) is 0 Å². The van der Waals surface area contributed by atoms with Gasteiger partial charge in [-0.25, -0.2) is 0 Å². The van der Waals surface area contributed by atoms with E-state index in [0.717, 1.165) is 22.3 Å². The molecule has 0 spiro atoms. The van der Waals surface area contributed by atoms with Gasteiger partial charge in [-0.15, -0.1) is 23.5 Å². The molecule has 0 aromatic heterocycles. The first-order chi connectivity index (χ1) is 33.4. The van der Waals surface area contributed by atoms with Crippen LogP contribution in [-0.2, 0) is 51.1 Å². The molecular weight excluding hydrogens is 929 g/mol. The summed E-state index contributed by atoms with van der Waals surface area (Å²) in [6.45, 7) is 12.6. The molecule has 70 heavy (non-hydrogen) atoms. The molecule has 4 saturated heterocycles. The third kappa shape index (κ3) is 10.8. The Balaban J connectivity index is 0.882. The smallest absolute Gasteiger partial charge is 0.246 e. The van der Waals surface area contributed by atoms with Crippen LogP contribution in [0.15, 0.2) is 48.5 Å². The van der Waals surface area contributed by atoms with E-state index in [2.05, 4.69) is 44.0 Å². The van der Waals surface area contributed by atoms with Gasteiger partial charge < -0.3 is 51.2 Å². The summed E-state index contributed by atoms with van der Waals surface area (Å²) in [6, 6.07) is 11.6. The summed E-state index contributed by atoms with van der Waals surface area (Å²) in [5.41, 5.74) is 3.23. The molecule has 0 saturated carbocycles. The summed E-state index contributed by atoms with van der Waals surface area (Å²) in [4.78, 5) is 87.0. The molecule has 0 radical (unpaired) electrons. The second kappa shape index (κ2) is 21.9. The van der Waals surface area contributed by atoms with Gasteiger partial charge >= 0.3 is 0 Å². The Labute approximate surface area is 421 Å². The molecule has 2 aromatic rings. The molecule has 0 bridgehead atoms. The number of nitrogens with one attached hydrogen (secondary N) is 6. The number of carbonyl (C=O) groups is 6. The van der Waals surface area contributed by atoms with Crippen LogP contribution in [0.4, 0.5) is 0 Å². The van der Waals surface area contributed by atoms with Gasteiger partial charge in [-0.2, -0.15) is 0 Å². The average molecular weight is 1000 g/mol. The van der Waals surface area contributed by atoms with E-state index in [-0.39, 0.29) is 58.4 Å². The lowest BCUT2D eigenvalue weighted by Crippen LogP contribution is -2.58. The molecule has 6 amide bonds. The van der Waals surface area contributed by atoms with Gasteiger partial charge in [0.05, 0.1) is 47.1 Å². The minimum atomic E-state index is -0.728. The van der Waals surface area contributed by atoms with Crippen molar-refractivity contribution >= 4 is 59.0 Å². The van der Waals surface area contributed by atoms with Gasteiger partial charge in [0.25, 0.3) is 0 Å². The number of rotatable bonds is 17. The zero-order valence-electron chi connectivity index (χ0n) is 42.0. The number of likely N-dealkylation sites (N-methyl/N-ethyl adjacent to an activating group) is 2. The van der Waals surface area contributed by atoms with Gasteiger partial charge in [-0.1, -0.05) is 76.2 Å². The number of thioether (sulfide) groups is 2. The highest BCUT2D eigenvalue weighted by Gasteiger charge is 2.57. The molecule has 4 aliphatic heterocycles. The standard InChI is InChI=1S/C52H74N8O8S2/c1-29(53-7)45(61)55-35-19-23-69-39-27-51(3,4)43(59(39)49(35)65)47(63)57-41-33-17-11-9-15-31(33)25-37(41)67-21-13-14-22-68-38-26-32-16-10-12-18-34(32)42(38)58-48(64)44-52(5,6)28-40-60(44)50(66)36(20-24-70-40)56-46(62)30(2)54-8/h9-12,15-18,29-30,35-44,53-54H,13-14,19-28H2,1-8H3,(H,55,61)(H,56,62)(H,57,63)(H,58,64)/t29-,30-,35-,36-,37+,38?,39-,40-,41-,42-,43+,44+/m0/s1. The fraction of sp³-hybridized carbons (Fsp3) is 0.654. The summed E-state index contributed by atoms with van der Waals surface area (Å²) >= 11 is 3.35. The molecule has 8 rings (SSSR count). The van der Waals surface area contributed by atoms with E-state index in [9.17, 15) is 28.8 Å². The fourth-order valence-corrected chi connectivity index (χ4v) is 14.6. The van der Waals surface area contributed by atoms with E-state index < -0.39 is 59.2 Å². The minimum Gasteiger partial charge on any atom is -0.375 e. The summed E-state index contributed by atoms with van der Waals surface area (Å²) < 4.78 is 13.2. The maximum absolute atomic E-state index is 14.6. The summed E-state index contributed by atoms with van der Waals surface area (Å²) in [6.07, 6.45) is 4.38. The Morgan fingerprint density at radius 1 is 0.629 bits per heavy atom. The molecule has 4 heterocycles. The number of benzene rings is 2. The average Bonchev–Trinajstić information content (AvgIpc) is 3.97. The molecule has 6 aliphatic rings. The van der Waals surface area contributed by atoms with Crippen LogP contribution in [0.25, 0.3) is 0 Å². The van der Waals surface area contributed by atoms with Crippen molar-refractivity contribution in [1.82, 2.24) is 41.7 Å². The maximum atomic E-state index is 14.6. The second-order valence-corrected chi connectivity index (χ2v) is 23.9. The van der Waals surface area contributed by atoms with E-state index in [4.69, 9.17) is 9.47 Å². The molecule has 12 atom stereocenters. The summed E-state index contributed by atoms with van der Waals surface area (Å²) in [5.74, 6) is 0.0180. The van der Waals surface area contributed by atoms with Crippen molar-refractivity contribution in [2.75, 3.05) is 38.8 Å². The van der Waals surface area contributed by atoms with Crippen LogP contribution >= 0.6 is 23.5 Å². The largest absolute Gasteiger partial charge is 0.375 e. The van der Waals surface area contributed by atoms with Gasteiger partial charge in [0, 0.05) is 26.1 Å². The Bertz CT molecular complexity index is 2130. The van der Waals surface area contributed by atoms with E-state index in [1.807, 2.05) is 64.1 Å². The first kappa shape index (κ1) is 52.1. The van der Waals surface area contributed by atoms with Gasteiger partial charge in [-0.3, -0.25) is 28.8 Å². The van der Waals surface area contributed by atoms with Gasteiger partial charge in [-0.05, 0) is 111 Å². The van der Waals surface area contributed by atoms with E-state index in [1.165, 1.54) is 0 Å². The third-order valence-corrected chi connectivity index (χ3v) is 18.0. The highest BCUT2D eigenvalue weighted by molar-refractivity contribution is 8.00. The lowest BCUT2D eigenvalue weighted by molar-refractivity contribution is -0.144. The fourth-order valence-electron chi connectivity index (χ4n) is 11.5. The first-order valence-corrected chi connectivity index (χ1v) is 27.4. The molecule has 6 N–H and O–H groups in total. The first-order valence-electron chi connectivity index (χ1n) is 25.3. The molecule has 16 nitrogen and oxygen atoms in total. The van der Waals surface area contributed by atoms with E-state index >= 15 is 0 Å². The number of hydrogen-bond acceptors (Lipinski definition) is 12. The number of ether oxygens (including phenoxy) is 2. The van der Waals surface area contributed by atoms with Crippen LogP contribution in [0.3, 0.4) is 0 Å². The lowest BCUT2D eigenvalue weighted by atomic mass is 9.83. The SMILES string of the molecule is CN[C@@H](C)C(=O)N[C@H]1CCS[C@H]2CC(C)(C)[C@@H](C(=O)N[C@H]3c4ccccc4CC3OCCCCO[C@@H]3Cc4ccccc4[C@@H]3NC(=O)[C@H]3N4C(=O)[C@@H](NC(=O)[C@H](C)NC)CCS[C@H]4CC3(C)C)N2C1=O. The Morgan fingerprint density at radius 2 is 1.01 bits per heavy atom. The number of hydrogen-bond donors (Lipinski definition) is 6. The predicted molar refractivity (Wildman–Crippen MR) is 271 cm³/mol. The lowest BCUT2D eigenvalue weighted by Gasteiger charge is -2.35. The van der Waals surface area contributed by atoms with Crippen molar-refractivity contribution in [2.24, 2.45) is 10.8 Å². The molecule has 18 heteroatoms. The topological polar surface area (TPSA) is 200 Å². The number of unbranched alkanes of at least 4 members (excludes halogenated alkanes) is 1. The van der Waals surface area contributed by atoms with Crippen molar-refractivity contribution in [3.05, 3.63) is 70.8 Å².